The van der Waals surface area contributed by atoms with E-state index in [0.717, 1.165) is 42.5 Å². The molecule has 1 aliphatic rings. The minimum absolute atomic E-state index is 0.214. The van der Waals surface area contributed by atoms with E-state index in [-0.39, 0.29) is 6.10 Å². The Morgan fingerprint density at radius 2 is 1.93 bits per heavy atom. The molecule has 1 fully saturated rings. The third-order valence-corrected chi connectivity index (χ3v) is 5.53. The van der Waals surface area contributed by atoms with Crippen LogP contribution in [0.15, 0.2) is 48.5 Å². The molecule has 4 rings (SSSR count). The number of benzene rings is 2. The van der Waals surface area contributed by atoms with E-state index in [2.05, 4.69) is 43.0 Å². The molecular formula is C22H26N4O2S. The lowest BCUT2D eigenvalue weighted by Crippen LogP contribution is -2.42. The van der Waals surface area contributed by atoms with Crippen molar-refractivity contribution in [2.24, 2.45) is 0 Å². The summed E-state index contributed by atoms with van der Waals surface area (Å²) >= 11 is 5.87. The molecule has 0 aliphatic carbocycles. The van der Waals surface area contributed by atoms with E-state index in [1.54, 1.807) is 7.11 Å². The molecule has 6 nitrogen and oxygen atoms in total. The molecule has 152 valence electrons. The van der Waals surface area contributed by atoms with E-state index in [0.29, 0.717) is 11.4 Å². The molecule has 0 bridgehead atoms. The number of nitrogens with zero attached hydrogens (tertiary/aromatic N) is 4. The maximum Gasteiger partial charge on any atom is 0.204 e. The number of hydrogen-bond donors (Lipinski definition) is 0. The van der Waals surface area contributed by atoms with Crippen molar-refractivity contribution in [1.29, 1.82) is 0 Å². The van der Waals surface area contributed by atoms with Gasteiger partial charge in [0, 0.05) is 18.8 Å². The zero-order valence-electron chi connectivity index (χ0n) is 17.0. The summed E-state index contributed by atoms with van der Waals surface area (Å²) in [4.78, 5) is 2.32. The highest BCUT2D eigenvalue weighted by Crippen LogP contribution is 2.30. The molecule has 7 heteroatoms. The maximum absolute atomic E-state index is 5.87. The Labute approximate surface area is 176 Å². The second kappa shape index (κ2) is 8.49. The fourth-order valence-electron chi connectivity index (χ4n) is 3.64. The van der Waals surface area contributed by atoms with Crippen LogP contribution in [0.4, 0.5) is 0 Å². The SMILES string of the molecule is COc1ccccc1-c1nn(CN2CCO[C@@H](C)C2)c(=S)n1-c1ccc(C)cc1. The molecule has 0 saturated carbocycles. The molecule has 0 spiro atoms. The molecule has 1 atom stereocenters. The summed E-state index contributed by atoms with van der Waals surface area (Å²) in [6.45, 7) is 7.26. The van der Waals surface area contributed by atoms with Gasteiger partial charge >= 0.3 is 0 Å². The van der Waals surface area contributed by atoms with Crippen LogP contribution in [0.25, 0.3) is 17.1 Å². The summed E-state index contributed by atoms with van der Waals surface area (Å²) in [5.74, 6) is 1.55. The fourth-order valence-corrected chi connectivity index (χ4v) is 3.93. The van der Waals surface area contributed by atoms with Crippen LogP contribution in [-0.2, 0) is 11.4 Å². The quantitative estimate of drug-likeness (QED) is 0.594. The van der Waals surface area contributed by atoms with Gasteiger partial charge in [-0.3, -0.25) is 9.47 Å². The molecule has 1 saturated heterocycles. The van der Waals surface area contributed by atoms with Gasteiger partial charge in [-0.2, -0.15) is 0 Å². The highest BCUT2D eigenvalue weighted by Gasteiger charge is 2.21. The highest BCUT2D eigenvalue weighted by molar-refractivity contribution is 7.71. The third kappa shape index (κ3) is 4.12. The van der Waals surface area contributed by atoms with E-state index in [4.69, 9.17) is 26.8 Å². The average Bonchev–Trinajstić information content (AvgIpc) is 3.04. The molecule has 1 aromatic heterocycles. The zero-order valence-corrected chi connectivity index (χ0v) is 17.9. The first-order valence-corrected chi connectivity index (χ1v) is 10.2. The van der Waals surface area contributed by atoms with Crippen LogP contribution in [0.1, 0.15) is 12.5 Å². The Hall–Kier alpha value is -2.48. The lowest BCUT2D eigenvalue weighted by Gasteiger charge is -2.30. The lowest BCUT2D eigenvalue weighted by molar-refractivity contribution is -0.0306. The van der Waals surface area contributed by atoms with E-state index in [1.807, 2.05) is 33.5 Å². The van der Waals surface area contributed by atoms with Gasteiger partial charge in [-0.1, -0.05) is 29.8 Å². The largest absolute Gasteiger partial charge is 0.496 e. The number of para-hydroxylation sites is 1. The standard InChI is InChI=1S/C22H26N4O2S/c1-16-8-10-18(11-9-16)26-21(19-6-4-5-7-20(19)27-3)23-25(22(26)29)15-24-12-13-28-17(2)14-24/h4-11,17H,12-15H2,1-3H3/t17-/m0/s1. The van der Waals surface area contributed by atoms with Crippen molar-refractivity contribution in [3.05, 3.63) is 58.9 Å². The van der Waals surface area contributed by atoms with Gasteiger partial charge in [-0.25, -0.2) is 4.68 Å². The highest BCUT2D eigenvalue weighted by atomic mass is 32.1. The smallest absolute Gasteiger partial charge is 0.204 e. The molecule has 2 aromatic carbocycles. The van der Waals surface area contributed by atoms with Crippen molar-refractivity contribution in [2.45, 2.75) is 26.6 Å². The summed E-state index contributed by atoms with van der Waals surface area (Å²) in [7, 11) is 1.68. The molecule has 0 unspecified atom stereocenters. The van der Waals surface area contributed by atoms with Crippen LogP contribution in [0.5, 0.6) is 5.75 Å². The van der Waals surface area contributed by atoms with Crippen molar-refractivity contribution < 1.29 is 9.47 Å². The van der Waals surface area contributed by atoms with Gasteiger partial charge in [0.1, 0.15) is 5.75 Å². The molecule has 29 heavy (non-hydrogen) atoms. The van der Waals surface area contributed by atoms with Gasteiger partial charge in [-0.05, 0) is 50.3 Å². The summed E-state index contributed by atoms with van der Waals surface area (Å²) in [6.07, 6.45) is 0.214. The van der Waals surface area contributed by atoms with Crippen LogP contribution in [0.3, 0.4) is 0 Å². The number of hydrogen-bond acceptors (Lipinski definition) is 5. The first-order chi connectivity index (χ1) is 14.1. The minimum Gasteiger partial charge on any atom is -0.496 e. The predicted molar refractivity (Wildman–Crippen MR) is 116 cm³/mol. The van der Waals surface area contributed by atoms with Gasteiger partial charge in [0.15, 0.2) is 5.82 Å². The molecule has 2 heterocycles. The van der Waals surface area contributed by atoms with Gasteiger partial charge in [0.25, 0.3) is 0 Å². The van der Waals surface area contributed by atoms with Gasteiger partial charge < -0.3 is 9.47 Å². The van der Waals surface area contributed by atoms with Crippen LogP contribution in [-0.4, -0.2) is 52.2 Å². The Kier molecular flexibility index (Phi) is 5.80. The molecule has 0 N–H and O–H groups in total. The molecule has 0 radical (unpaired) electrons. The summed E-state index contributed by atoms with van der Waals surface area (Å²) < 4.78 is 15.8. The summed E-state index contributed by atoms with van der Waals surface area (Å²) in [5.41, 5.74) is 3.10. The topological polar surface area (TPSA) is 44.4 Å². The Bertz CT molecular complexity index is 1040. The minimum atomic E-state index is 0.214. The Balaban J connectivity index is 1.82. The third-order valence-electron chi connectivity index (χ3n) is 5.14. The van der Waals surface area contributed by atoms with Crippen LogP contribution < -0.4 is 4.74 Å². The number of morpholine rings is 1. The van der Waals surface area contributed by atoms with Crippen molar-refractivity contribution in [1.82, 2.24) is 19.2 Å². The maximum atomic E-state index is 5.87. The van der Waals surface area contributed by atoms with Crippen LogP contribution in [0.2, 0.25) is 0 Å². The van der Waals surface area contributed by atoms with Crippen molar-refractivity contribution in [3.8, 4) is 22.8 Å². The number of methoxy groups -OCH3 is 1. The number of aryl methyl sites for hydroxylation is 1. The fraction of sp³-hybridized carbons (Fsp3) is 0.364. The summed E-state index contributed by atoms with van der Waals surface area (Å²) in [5, 5.41) is 4.92. The van der Waals surface area contributed by atoms with E-state index in [1.165, 1.54) is 5.56 Å². The van der Waals surface area contributed by atoms with Crippen molar-refractivity contribution in [2.75, 3.05) is 26.8 Å². The number of aromatic nitrogens is 3. The first-order valence-electron chi connectivity index (χ1n) is 9.81. The monoisotopic (exact) mass is 410 g/mol. The normalized spacial score (nSPS) is 17.4. The van der Waals surface area contributed by atoms with Gasteiger partial charge in [-0.15, -0.1) is 5.10 Å². The Morgan fingerprint density at radius 1 is 1.17 bits per heavy atom. The molecular weight excluding hydrogens is 384 g/mol. The predicted octanol–water partition coefficient (Wildman–Crippen LogP) is 4.07. The van der Waals surface area contributed by atoms with Crippen molar-refractivity contribution in [3.63, 3.8) is 0 Å². The van der Waals surface area contributed by atoms with E-state index < -0.39 is 0 Å². The van der Waals surface area contributed by atoms with Gasteiger partial charge in [0.05, 0.1) is 32.1 Å². The Morgan fingerprint density at radius 3 is 2.66 bits per heavy atom. The van der Waals surface area contributed by atoms with Crippen LogP contribution in [0, 0.1) is 11.7 Å². The average molecular weight is 411 g/mol. The zero-order chi connectivity index (χ0) is 20.4. The first kappa shape index (κ1) is 19.8. The number of rotatable bonds is 5. The van der Waals surface area contributed by atoms with Crippen LogP contribution >= 0.6 is 12.2 Å². The van der Waals surface area contributed by atoms with Crippen molar-refractivity contribution >= 4 is 12.2 Å². The molecule has 0 amide bonds. The molecule has 3 aromatic rings. The number of ether oxygens (including phenoxy) is 2. The van der Waals surface area contributed by atoms with Gasteiger partial charge in [0.2, 0.25) is 4.77 Å². The second-order valence-electron chi connectivity index (χ2n) is 7.38. The second-order valence-corrected chi connectivity index (χ2v) is 7.74. The molecule has 1 aliphatic heterocycles. The lowest BCUT2D eigenvalue weighted by atomic mass is 10.1. The van der Waals surface area contributed by atoms with E-state index in [9.17, 15) is 0 Å². The summed E-state index contributed by atoms with van der Waals surface area (Å²) in [6, 6.07) is 16.2. The van der Waals surface area contributed by atoms with E-state index >= 15 is 0 Å².